The minimum Gasteiger partial charge on any atom is -0.387 e. The summed E-state index contributed by atoms with van der Waals surface area (Å²) in [6.07, 6.45) is -1.14. The number of aliphatic hydroxyl groups is 1. The Morgan fingerprint density at radius 2 is 1.88 bits per heavy atom. The summed E-state index contributed by atoms with van der Waals surface area (Å²) in [6.45, 7) is -0.157. The van der Waals surface area contributed by atoms with Crippen molar-refractivity contribution in [1.29, 1.82) is 5.26 Å². The predicted octanol–water partition coefficient (Wildman–Crippen LogP) is 2.10. The molecule has 0 bridgehead atoms. The van der Waals surface area contributed by atoms with Gasteiger partial charge in [0, 0.05) is 12.2 Å². The van der Waals surface area contributed by atoms with Gasteiger partial charge in [-0.2, -0.15) is 5.26 Å². The summed E-state index contributed by atoms with van der Waals surface area (Å²) in [5, 5.41) is 23.9. The molecule has 0 aliphatic carbocycles. The molecule has 0 heterocycles. The van der Waals surface area contributed by atoms with Crippen LogP contribution in [0.1, 0.15) is 17.2 Å². The highest BCUT2D eigenvalue weighted by atomic mass is 19.2. The van der Waals surface area contributed by atoms with E-state index in [0.29, 0.717) is 11.3 Å². The third-order valence-electron chi connectivity index (χ3n) is 3.29. The van der Waals surface area contributed by atoms with Crippen LogP contribution in [0.4, 0.5) is 14.5 Å². The summed E-state index contributed by atoms with van der Waals surface area (Å²) in [4.78, 5) is 11.7. The summed E-state index contributed by atoms with van der Waals surface area (Å²) in [7, 11) is 0. The lowest BCUT2D eigenvalue weighted by molar-refractivity contribution is -0.119. The number of nitrogens with one attached hydrogen (secondary N) is 2. The highest BCUT2D eigenvalue weighted by Crippen LogP contribution is 2.15. The lowest BCUT2D eigenvalue weighted by atomic mass is 10.1. The largest absolute Gasteiger partial charge is 0.387 e. The van der Waals surface area contributed by atoms with Crippen LogP contribution in [0.3, 0.4) is 0 Å². The minimum absolute atomic E-state index is 0.0314. The van der Waals surface area contributed by atoms with Crippen LogP contribution < -0.4 is 10.6 Å². The van der Waals surface area contributed by atoms with Crippen LogP contribution in [0.15, 0.2) is 42.5 Å². The summed E-state index contributed by atoms with van der Waals surface area (Å²) < 4.78 is 25.9. The van der Waals surface area contributed by atoms with Crippen molar-refractivity contribution in [3.63, 3.8) is 0 Å². The van der Waals surface area contributed by atoms with E-state index in [1.165, 1.54) is 6.07 Å². The van der Waals surface area contributed by atoms with E-state index in [2.05, 4.69) is 10.6 Å². The average Bonchev–Trinajstić information content (AvgIpc) is 2.60. The Bertz CT molecular complexity index is 757. The molecule has 24 heavy (non-hydrogen) atoms. The Morgan fingerprint density at radius 3 is 2.50 bits per heavy atom. The monoisotopic (exact) mass is 331 g/mol. The third kappa shape index (κ3) is 4.76. The number of rotatable bonds is 6. The number of hydrogen-bond acceptors (Lipinski definition) is 4. The van der Waals surface area contributed by atoms with Gasteiger partial charge in [0.15, 0.2) is 11.6 Å². The second kappa shape index (κ2) is 8.04. The van der Waals surface area contributed by atoms with Gasteiger partial charge in [-0.25, -0.2) is 8.78 Å². The van der Waals surface area contributed by atoms with Gasteiger partial charge in [-0.3, -0.25) is 4.79 Å². The van der Waals surface area contributed by atoms with E-state index >= 15 is 0 Å². The number of anilines is 1. The fourth-order valence-electron chi connectivity index (χ4n) is 1.96. The number of hydrogen-bond donors (Lipinski definition) is 3. The molecule has 0 saturated carbocycles. The zero-order valence-corrected chi connectivity index (χ0v) is 12.6. The lowest BCUT2D eigenvalue weighted by Gasteiger charge is -2.13. The van der Waals surface area contributed by atoms with Crippen molar-refractivity contribution in [2.24, 2.45) is 0 Å². The molecule has 2 aromatic rings. The highest BCUT2D eigenvalue weighted by Gasteiger charge is 2.12. The smallest absolute Gasteiger partial charge is 0.239 e. The third-order valence-corrected chi connectivity index (χ3v) is 3.29. The molecule has 2 rings (SSSR count). The summed E-state index contributed by atoms with van der Waals surface area (Å²) in [6, 6.07) is 11.6. The summed E-state index contributed by atoms with van der Waals surface area (Å²) in [5.74, 6) is -2.43. The van der Waals surface area contributed by atoms with Crippen molar-refractivity contribution in [2.75, 3.05) is 18.4 Å². The normalized spacial score (nSPS) is 11.4. The molecule has 0 fully saturated rings. The molecule has 7 heteroatoms. The maximum absolute atomic E-state index is 13.1. The fourth-order valence-corrected chi connectivity index (χ4v) is 1.96. The standard InChI is InChI=1S/C17H15F2N3O2/c18-14-6-3-12(7-15(14)19)16(23)9-22-17(24)10-21-13-4-1-11(8-20)2-5-13/h1-7,16,21,23H,9-10H2,(H,22,24). The van der Waals surface area contributed by atoms with Gasteiger partial charge >= 0.3 is 0 Å². The Labute approximate surface area is 137 Å². The van der Waals surface area contributed by atoms with Gasteiger partial charge < -0.3 is 15.7 Å². The first-order valence-corrected chi connectivity index (χ1v) is 7.13. The first-order chi connectivity index (χ1) is 11.5. The molecule has 3 N–H and O–H groups in total. The number of amides is 1. The number of benzene rings is 2. The van der Waals surface area contributed by atoms with Gasteiger partial charge in [-0.1, -0.05) is 6.07 Å². The van der Waals surface area contributed by atoms with E-state index in [0.717, 1.165) is 12.1 Å². The molecule has 0 aromatic heterocycles. The van der Waals surface area contributed by atoms with E-state index in [4.69, 9.17) is 5.26 Å². The Kier molecular flexibility index (Phi) is 5.82. The average molecular weight is 331 g/mol. The van der Waals surface area contributed by atoms with Crippen molar-refractivity contribution in [1.82, 2.24) is 5.32 Å². The van der Waals surface area contributed by atoms with Gasteiger partial charge in [-0.05, 0) is 42.0 Å². The Balaban J connectivity index is 1.79. The van der Waals surface area contributed by atoms with Crippen LogP contribution in [-0.2, 0) is 4.79 Å². The van der Waals surface area contributed by atoms with Gasteiger partial charge in [0.25, 0.3) is 0 Å². The van der Waals surface area contributed by atoms with Crippen LogP contribution in [0.25, 0.3) is 0 Å². The lowest BCUT2D eigenvalue weighted by Crippen LogP contribution is -2.33. The molecular weight excluding hydrogens is 316 g/mol. The number of aliphatic hydroxyl groups excluding tert-OH is 1. The van der Waals surface area contributed by atoms with Crippen molar-refractivity contribution >= 4 is 11.6 Å². The second-order valence-corrected chi connectivity index (χ2v) is 5.04. The first kappa shape index (κ1) is 17.4. The molecule has 2 aromatic carbocycles. The van der Waals surface area contributed by atoms with Gasteiger partial charge in [-0.15, -0.1) is 0 Å². The predicted molar refractivity (Wildman–Crippen MR) is 84.0 cm³/mol. The molecule has 0 spiro atoms. The number of halogens is 2. The van der Waals surface area contributed by atoms with Crippen LogP contribution >= 0.6 is 0 Å². The molecule has 0 radical (unpaired) electrons. The number of nitriles is 1. The van der Waals surface area contributed by atoms with E-state index in [1.807, 2.05) is 6.07 Å². The molecule has 1 unspecified atom stereocenters. The maximum Gasteiger partial charge on any atom is 0.239 e. The van der Waals surface area contributed by atoms with E-state index in [-0.39, 0.29) is 24.6 Å². The Morgan fingerprint density at radius 1 is 1.17 bits per heavy atom. The number of carbonyl (C=O) groups excluding carboxylic acids is 1. The molecule has 0 aliphatic heterocycles. The second-order valence-electron chi connectivity index (χ2n) is 5.04. The molecule has 124 valence electrons. The first-order valence-electron chi connectivity index (χ1n) is 7.13. The van der Waals surface area contributed by atoms with Crippen molar-refractivity contribution in [3.8, 4) is 6.07 Å². The van der Waals surface area contributed by atoms with Crippen LogP contribution in [0, 0.1) is 23.0 Å². The van der Waals surface area contributed by atoms with Crippen molar-refractivity contribution in [3.05, 3.63) is 65.2 Å². The van der Waals surface area contributed by atoms with Gasteiger partial charge in [0.1, 0.15) is 0 Å². The van der Waals surface area contributed by atoms with Crippen LogP contribution in [-0.4, -0.2) is 24.1 Å². The van der Waals surface area contributed by atoms with Gasteiger partial charge in [0.2, 0.25) is 5.91 Å². The van der Waals surface area contributed by atoms with Crippen LogP contribution in [0.5, 0.6) is 0 Å². The Hall–Kier alpha value is -2.98. The molecule has 5 nitrogen and oxygen atoms in total. The quantitative estimate of drug-likeness (QED) is 0.757. The molecule has 1 atom stereocenters. The molecular formula is C17H15F2N3O2. The SMILES string of the molecule is N#Cc1ccc(NCC(=O)NCC(O)c2ccc(F)c(F)c2)cc1. The van der Waals surface area contributed by atoms with Gasteiger partial charge in [0.05, 0.1) is 24.3 Å². The zero-order chi connectivity index (χ0) is 17.5. The maximum atomic E-state index is 13.1. The summed E-state index contributed by atoms with van der Waals surface area (Å²) in [5.41, 5.74) is 1.36. The van der Waals surface area contributed by atoms with Crippen molar-refractivity contribution in [2.45, 2.75) is 6.10 Å². The highest BCUT2D eigenvalue weighted by molar-refractivity contribution is 5.80. The van der Waals surface area contributed by atoms with E-state index < -0.39 is 17.7 Å². The van der Waals surface area contributed by atoms with E-state index in [9.17, 15) is 18.7 Å². The van der Waals surface area contributed by atoms with Crippen LogP contribution in [0.2, 0.25) is 0 Å². The summed E-state index contributed by atoms with van der Waals surface area (Å²) >= 11 is 0. The number of nitrogens with zero attached hydrogens (tertiary/aromatic N) is 1. The fraction of sp³-hybridized carbons (Fsp3) is 0.176. The van der Waals surface area contributed by atoms with Crippen molar-refractivity contribution < 1.29 is 18.7 Å². The molecule has 0 saturated heterocycles. The topological polar surface area (TPSA) is 85.2 Å². The molecule has 1 amide bonds. The zero-order valence-electron chi connectivity index (χ0n) is 12.6. The number of carbonyl (C=O) groups is 1. The van der Waals surface area contributed by atoms with E-state index in [1.54, 1.807) is 24.3 Å². The molecule has 0 aliphatic rings. The minimum atomic E-state index is -1.14.